The molecule has 0 spiro atoms. The van der Waals surface area contributed by atoms with E-state index in [9.17, 15) is 9.59 Å². The van der Waals surface area contributed by atoms with Crippen molar-refractivity contribution in [2.45, 2.75) is 39.2 Å². The van der Waals surface area contributed by atoms with Crippen LogP contribution in [0.4, 0.5) is 0 Å². The first kappa shape index (κ1) is 20.1. The molecule has 3 heterocycles. The largest absolute Gasteiger partial charge is 0.427 e. The van der Waals surface area contributed by atoms with Gasteiger partial charge in [0.15, 0.2) is 0 Å². The number of rotatable bonds is 6. The van der Waals surface area contributed by atoms with Crippen LogP contribution in [0.3, 0.4) is 0 Å². The molecule has 0 aliphatic carbocycles. The Morgan fingerprint density at radius 1 is 1.13 bits per heavy atom. The summed E-state index contributed by atoms with van der Waals surface area (Å²) in [5.74, 6) is 0.899. The minimum Gasteiger partial charge on any atom is -0.427 e. The monoisotopic (exact) mass is 405 g/mol. The van der Waals surface area contributed by atoms with E-state index in [0.717, 1.165) is 25.8 Å². The zero-order valence-electron chi connectivity index (χ0n) is 17.3. The number of aryl methyl sites for hydroxylation is 3. The standard InChI is InChI=1S/C24H27N3O3/c1-18-16-21(9-8-19-6-3-2-4-7-19)30-24(29)22(18)23(28)26-14-10-20(11-15-26)17-27-13-5-12-25-27/h2-7,12-13,16,20H,8-11,14-15,17H2,1H3. The highest BCUT2D eigenvalue weighted by molar-refractivity contribution is 5.95. The molecular formula is C24H27N3O3. The van der Waals surface area contributed by atoms with E-state index >= 15 is 0 Å². The van der Waals surface area contributed by atoms with Crippen molar-refractivity contribution < 1.29 is 9.21 Å². The highest BCUT2D eigenvalue weighted by atomic mass is 16.4. The first-order valence-electron chi connectivity index (χ1n) is 10.5. The van der Waals surface area contributed by atoms with Gasteiger partial charge in [-0.1, -0.05) is 30.3 Å². The maximum Gasteiger partial charge on any atom is 0.349 e. The summed E-state index contributed by atoms with van der Waals surface area (Å²) < 4.78 is 7.44. The fourth-order valence-electron chi connectivity index (χ4n) is 4.12. The normalized spacial score (nSPS) is 14.8. The fraction of sp³-hybridized carbons (Fsp3) is 0.375. The van der Waals surface area contributed by atoms with Gasteiger partial charge in [-0.25, -0.2) is 4.79 Å². The first-order chi connectivity index (χ1) is 14.6. The molecule has 2 aromatic heterocycles. The summed E-state index contributed by atoms with van der Waals surface area (Å²) in [7, 11) is 0. The number of amides is 1. The number of likely N-dealkylation sites (tertiary alicyclic amines) is 1. The van der Waals surface area contributed by atoms with Gasteiger partial charge in [-0.05, 0) is 55.4 Å². The van der Waals surface area contributed by atoms with Crippen molar-refractivity contribution in [2.24, 2.45) is 5.92 Å². The van der Waals surface area contributed by atoms with E-state index in [1.807, 2.05) is 48.1 Å². The van der Waals surface area contributed by atoms with Crippen molar-refractivity contribution >= 4 is 5.91 Å². The quantitative estimate of drug-likeness (QED) is 0.630. The third-order valence-corrected chi connectivity index (χ3v) is 5.82. The van der Waals surface area contributed by atoms with Gasteiger partial charge in [0.1, 0.15) is 11.3 Å². The second-order valence-electron chi connectivity index (χ2n) is 8.01. The average Bonchev–Trinajstić information content (AvgIpc) is 3.26. The Morgan fingerprint density at radius 3 is 2.57 bits per heavy atom. The molecule has 4 rings (SSSR count). The van der Waals surface area contributed by atoms with Crippen molar-refractivity contribution in [1.29, 1.82) is 0 Å². The lowest BCUT2D eigenvalue weighted by atomic mass is 9.96. The molecule has 1 aliphatic heterocycles. The molecule has 1 aliphatic rings. The van der Waals surface area contributed by atoms with Gasteiger partial charge in [0.25, 0.3) is 5.91 Å². The highest BCUT2D eigenvalue weighted by Crippen LogP contribution is 2.21. The van der Waals surface area contributed by atoms with E-state index in [4.69, 9.17) is 4.42 Å². The molecule has 1 amide bonds. The average molecular weight is 405 g/mol. The molecule has 30 heavy (non-hydrogen) atoms. The van der Waals surface area contributed by atoms with E-state index in [2.05, 4.69) is 17.2 Å². The lowest BCUT2D eigenvalue weighted by molar-refractivity contribution is 0.0675. The van der Waals surface area contributed by atoms with Crippen LogP contribution in [-0.4, -0.2) is 33.7 Å². The van der Waals surface area contributed by atoms with Gasteiger partial charge in [0.2, 0.25) is 0 Å². The number of hydrogen-bond donors (Lipinski definition) is 0. The van der Waals surface area contributed by atoms with Crippen LogP contribution in [0.1, 0.15) is 40.1 Å². The molecule has 0 radical (unpaired) electrons. The molecule has 0 atom stereocenters. The van der Waals surface area contributed by atoms with Crippen molar-refractivity contribution in [3.05, 3.63) is 87.7 Å². The molecule has 1 saturated heterocycles. The van der Waals surface area contributed by atoms with Crippen LogP contribution >= 0.6 is 0 Å². The zero-order valence-corrected chi connectivity index (χ0v) is 17.3. The summed E-state index contributed by atoms with van der Waals surface area (Å²) >= 11 is 0. The molecule has 0 bridgehead atoms. The predicted molar refractivity (Wildman–Crippen MR) is 114 cm³/mol. The number of benzene rings is 1. The Balaban J connectivity index is 1.38. The smallest absolute Gasteiger partial charge is 0.349 e. The van der Waals surface area contributed by atoms with Gasteiger partial charge in [0.05, 0.1) is 0 Å². The van der Waals surface area contributed by atoms with Crippen molar-refractivity contribution in [2.75, 3.05) is 13.1 Å². The van der Waals surface area contributed by atoms with Crippen molar-refractivity contribution in [3.8, 4) is 0 Å². The number of piperidine rings is 1. The van der Waals surface area contributed by atoms with Crippen molar-refractivity contribution in [1.82, 2.24) is 14.7 Å². The SMILES string of the molecule is Cc1cc(CCc2ccccc2)oc(=O)c1C(=O)N1CCC(Cn2cccn2)CC1. The van der Waals surface area contributed by atoms with E-state index in [0.29, 0.717) is 36.8 Å². The van der Waals surface area contributed by atoms with Gasteiger partial charge >= 0.3 is 5.63 Å². The Morgan fingerprint density at radius 2 is 1.90 bits per heavy atom. The van der Waals surface area contributed by atoms with Crippen LogP contribution in [0.2, 0.25) is 0 Å². The molecule has 0 unspecified atom stereocenters. The van der Waals surface area contributed by atoms with E-state index in [1.165, 1.54) is 5.56 Å². The lowest BCUT2D eigenvalue weighted by Crippen LogP contribution is -2.41. The summed E-state index contributed by atoms with van der Waals surface area (Å²) in [6, 6.07) is 13.8. The van der Waals surface area contributed by atoms with Gasteiger partial charge in [0, 0.05) is 38.4 Å². The number of carbonyl (C=O) groups excluding carboxylic acids is 1. The molecule has 3 aromatic rings. The molecular weight excluding hydrogens is 378 g/mol. The van der Waals surface area contributed by atoms with E-state index in [-0.39, 0.29) is 11.5 Å². The van der Waals surface area contributed by atoms with E-state index in [1.54, 1.807) is 11.1 Å². The minimum atomic E-state index is -0.526. The summed E-state index contributed by atoms with van der Waals surface area (Å²) in [6.07, 6.45) is 6.99. The fourth-order valence-corrected chi connectivity index (χ4v) is 4.12. The number of nitrogens with zero attached hydrogens (tertiary/aromatic N) is 3. The summed E-state index contributed by atoms with van der Waals surface area (Å²) in [6.45, 7) is 3.99. The summed E-state index contributed by atoms with van der Waals surface area (Å²) in [5, 5.41) is 4.26. The van der Waals surface area contributed by atoms with Crippen molar-refractivity contribution in [3.63, 3.8) is 0 Å². The topological polar surface area (TPSA) is 68.3 Å². The number of aromatic nitrogens is 2. The Kier molecular flexibility index (Phi) is 6.12. The van der Waals surface area contributed by atoms with Crippen LogP contribution in [-0.2, 0) is 19.4 Å². The molecule has 0 N–H and O–H groups in total. The molecule has 0 saturated carbocycles. The Labute approximate surface area is 176 Å². The maximum atomic E-state index is 13.0. The summed E-state index contributed by atoms with van der Waals surface area (Å²) in [4.78, 5) is 27.4. The maximum absolute atomic E-state index is 13.0. The van der Waals surface area contributed by atoms with Crippen LogP contribution in [0, 0.1) is 12.8 Å². The minimum absolute atomic E-state index is 0.170. The Bertz CT molecular complexity index is 1030. The zero-order chi connectivity index (χ0) is 20.9. The highest BCUT2D eigenvalue weighted by Gasteiger charge is 2.27. The van der Waals surface area contributed by atoms with Crippen LogP contribution in [0.15, 0.2) is 64.1 Å². The van der Waals surface area contributed by atoms with Crippen LogP contribution in [0.5, 0.6) is 0 Å². The van der Waals surface area contributed by atoms with Crippen LogP contribution in [0.25, 0.3) is 0 Å². The van der Waals surface area contributed by atoms with Gasteiger partial charge in [-0.3, -0.25) is 9.48 Å². The first-order valence-corrected chi connectivity index (χ1v) is 10.5. The van der Waals surface area contributed by atoms with E-state index < -0.39 is 5.63 Å². The van der Waals surface area contributed by atoms with Crippen LogP contribution < -0.4 is 5.63 Å². The third-order valence-electron chi connectivity index (χ3n) is 5.82. The second-order valence-corrected chi connectivity index (χ2v) is 8.01. The van der Waals surface area contributed by atoms with Gasteiger partial charge in [-0.2, -0.15) is 5.10 Å². The molecule has 1 aromatic carbocycles. The number of hydrogen-bond acceptors (Lipinski definition) is 4. The van der Waals surface area contributed by atoms with Gasteiger partial charge < -0.3 is 9.32 Å². The third kappa shape index (κ3) is 4.70. The molecule has 1 fully saturated rings. The Hall–Kier alpha value is -3.15. The molecule has 156 valence electrons. The molecule has 6 heteroatoms. The van der Waals surface area contributed by atoms with Gasteiger partial charge in [-0.15, -0.1) is 0 Å². The predicted octanol–water partition coefficient (Wildman–Crippen LogP) is 3.48. The number of carbonyl (C=O) groups is 1. The second kappa shape index (κ2) is 9.11. The lowest BCUT2D eigenvalue weighted by Gasteiger charge is -2.32. The summed E-state index contributed by atoms with van der Waals surface area (Å²) in [5.41, 5.74) is 1.53. The molecule has 6 nitrogen and oxygen atoms in total.